The number of carbonyl (C=O) groups excluding carboxylic acids is 1. The lowest BCUT2D eigenvalue weighted by atomic mass is 10.2. The zero-order chi connectivity index (χ0) is 15.3. The number of hydrogen-bond acceptors (Lipinski definition) is 2. The van der Waals surface area contributed by atoms with Crippen LogP contribution in [0.1, 0.15) is 25.8 Å². The lowest BCUT2D eigenvalue weighted by Crippen LogP contribution is -2.34. The Kier molecular flexibility index (Phi) is 5.83. The Bertz CT molecular complexity index is 477. The van der Waals surface area contributed by atoms with E-state index in [1.807, 2.05) is 13.8 Å². The second kappa shape index (κ2) is 6.95. The molecule has 0 heterocycles. The van der Waals surface area contributed by atoms with Gasteiger partial charge in [-0.2, -0.15) is 13.2 Å². The minimum Gasteiger partial charge on any atom is -0.324 e. The van der Waals surface area contributed by atoms with Crippen molar-refractivity contribution in [3.8, 4) is 0 Å². The van der Waals surface area contributed by atoms with E-state index >= 15 is 0 Å². The van der Waals surface area contributed by atoms with Crippen LogP contribution in [0.15, 0.2) is 18.2 Å². The molecule has 0 bridgehead atoms. The van der Waals surface area contributed by atoms with E-state index in [1.54, 1.807) is 0 Å². The fraction of sp³-hybridized carbons (Fsp3) is 0.462. The average molecular weight is 309 g/mol. The van der Waals surface area contributed by atoms with E-state index in [2.05, 4.69) is 10.6 Å². The third-order valence-electron chi connectivity index (χ3n) is 2.79. The molecular formula is C13H16ClF3N2O. The summed E-state index contributed by atoms with van der Waals surface area (Å²) in [5.74, 6) is -0.355. The Morgan fingerprint density at radius 3 is 2.55 bits per heavy atom. The Labute approximate surface area is 120 Å². The highest BCUT2D eigenvalue weighted by Gasteiger charge is 2.30. The second-order valence-electron chi connectivity index (χ2n) is 4.43. The van der Waals surface area contributed by atoms with Crippen molar-refractivity contribution in [2.24, 2.45) is 0 Å². The number of nitrogens with one attached hydrogen (secondary N) is 2. The van der Waals surface area contributed by atoms with Crippen LogP contribution < -0.4 is 10.6 Å². The van der Waals surface area contributed by atoms with Crippen LogP contribution in [-0.2, 0) is 11.0 Å². The van der Waals surface area contributed by atoms with Crippen LogP contribution in [0, 0.1) is 0 Å². The van der Waals surface area contributed by atoms with Crippen molar-refractivity contribution in [3.63, 3.8) is 0 Å². The molecule has 20 heavy (non-hydrogen) atoms. The highest BCUT2D eigenvalue weighted by atomic mass is 35.5. The molecule has 1 rings (SSSR count). The molecule has 1 aromatic carbocycles. The standard InChI is InChI=1S/C13H16ClF3N2O/c1-3-8(2)18-7-12(20)19-11-5-4-9(6-10(11)14)13(15,16)17/h4-6,8,18H,3,7H2,1-2H3,(H,19,20). The number of halogens is 4. The van der Waals surface area contributed by atoms with Gasteiger partial charge >= 0.3 is 6.18 Å². The number of rotatable bonds is 5. The molecule has 0 radical (unpaired) electrons. The highest BCUT2D eigenvalue weighted by molar-refractivity contribution is 6.33. The fourth-order valence-corrected chi connectivity index (χ4v) is 1.63. The van der Waals surface area contributed by atoms with Gasteiger partial charge in [0.25, 0.3) is 0 Å². The van der Waals surface area contributed by atoms with Crippen LogP contribution >= 0.6 is 11.6 Å². The van der Waals surface area contributed by atoms with Crippen molar-refractivity contribution in [1.82, 2.24) is 5.32 Å². The van der Waals surface area contributed by atoms with Gasteiger partial charge in [-0.25, -0.2) is 0 Å². The molecule has 1 atom stereocenters. The topological polar surface area (TPSA) is 41.1 Å². The van der Waals surface area contributed by atoms with Crippen molar-refractivity contribution in [1.29, 1.82) is 0 Å². The lowest BCUT2D eigenvalue weighted by molar-refractivity contribution is -0.137. The Morgan fingerprint density at radius 1 is 1.40 bits per heavy atom. The molecule has 0 aliphatic carbocycles. The minimum absolute atomic E-state index is 0.0758. The highest BCUT2D eigenvalue weighted by Crippen LogP contribution is 2.33. The maximum Gasteiger partial charge on any atom is 0.416 e. The lowest BCUT2D eigenvalue weighted by Gasteiger charge is -2.13. The summed E-state index contributed by atoms with van der Waals surface area (Å²) in [7, 11) is 0. The number of amides is 1. The van der Waals surface area contributed by atoms with Gasteiger partial charge in [-0.1, -0.05) is 18.5 Å². The summed E-state index contributed by atoms with van der Waals surface area (Å²) >= 11 is 5.73. The molecule has 0 aliphatic rings. The maximum absolute atomic E-state index is 12.5. The van der Waals surface area contributed by atoms with E-state index in [0.717, 1.165) is 24.6 Å². The van der Waals surface area contributed by atoms with Crippen LogP contribution in [0.4, 0.5) is 18.9 Å². The predicted octanol–water partition coefficient (Wildman–Crippen LogP) is 3.69. The first-order chi connectivity index (χ1) is 9.24. The smallest absolute Gasteiger partial charge is 0.324 e. The molecule has 0 aliphatic heterocycles. The van der Waals surface area contributed by atoms with E-state index in [-0.39, 0.29) is 29.2 Å². The number of alkyl halides is 3. The summed E-state index contributed by atoms with van der Waals surface area (Å²) in [4.78, 5) is 11.6. The largest absolute Gasteiger partial charge is 0.416 e. The van der Waals surface area contributed by atoms with Crippen molar-refractivity contribution in [3.05, 3.63) is 28.8 Å². The van der Waals surface area contributed by atoms with Gasteiger partial charge in [0.05, 0.1) is 22.8 Å². The first-order valence-corrected chi connectivity index (χ1v) is 6.51. The predicted molar refractivity (Wildman–Crippen MR) is 72.8 cm³/mol. The van der Waals surface area contributed by atoms with Gasteiger partial charge in [0, 0.05) is 6.04 Å². The van der Waals surface area contributed by atoms with Crippen LogP contribution in [0.5, 0.6) is 0 Å². The normalized spacial score (nSPS) is 13.1. The molecule has 1 amide bonds. The van der Waals surface area contributed by atoms with Crippen LogP contribution in [0.25, 0.3) is 0 Å². The molecule has 0 spiro atoms. The number of hydrogen-bond donors (Lipinski definition) is 2. The molecule has 7 heteroatoms. The van der Waals surface area contributed by atoms with Crippen molar-refractivity contribution in [2.75, 3.05) is 11.9 Å². The van der Waals surface area contributed by atoms with Gasteiger partial charge in [0.2, 0.25) is 5.91 Å². The average Bonchev–Trinajstić information content (AvgIpc) is 2.37. The second-order valence-corrected chi connectivity index (χ2v) is 4.84. The molecule has 1 aromatic rings. The third-order valence-corrected chi connectivity index (χ3v) is 3.11. The van der Waals surface area contributed by atoms with Crippen LogP contribution in [-0.4, -0.2) is 18.5 Å². The first kappa shape index (κ1) is 16.8. The summed E-state index contributed by atoms with van der Waals surface area (Å²) in [6.45, 7) is 3.98. The number of benzene rings is 1. The van der Waals surface area contributed by atoms with Gasteiger partial charge in [-0.15, -0.1) is 0 Å². The van der Waals surface area contributed by atoms with Crippen LogP contribution in [0.3, 0.4) is 0 Å². The van der Waals surface area contributed by atoms with Gasteiger partial charge in [0.15, 0.2) is 0 Å². The van der Waals surface area contributed by atoms with E-state index < -0.39 is 11.7 Å². The minimum atomic E-state index is -4.45. The van der Waals surface area contributed by atoms with E-state index in [1.165, 1.54) is 0 Å². The van der Waals surface area contributed by atoms with Gasteiger partial charge in [0.1, 0.15) is 0 Å². The molecule has 2 N–H and O–H groups in total. The molecule has 0 saturated carbocycles. The quantitative estimate of drug-likeness (QED) is 0.871. The van der Waals surface area contributed by atoms with Crippen molar-refractivity contribution < 1.29 is 18.0 Å². The van der Waals surface area contributed by atoms with Gasteiger partial charge < -0.3 is 10.6 Å². The SMILES string of the molecule is CCC(C)NCC(=O)Nc1ccc(C(F)(F)F)cc1Cl. The van der Waals surface area contributed by atoms with Crippen LogP contribution in [0.2, 0.25) is 5.02 Å². The molecule has 0 fully saturated rings. The summed E-state index contributed by atoms with van der Waals surface area (Å²) in [6.07, 6.45) is -3.58. The van der Waals surface area contributed by atoms with E-state index in [0.29, 0.717) is 0 Å². The molecular weight excluding hydrogens is 293 g/mol. The van der Waals surface area contributed by atoms with Gasteiger partial charge in [-0.05, 0) is 31.5 Å². The first-order valence-electron chi connectivity index (χ1n) is 6.14. The number of carbonyl (C=O) groups is 1. The molecule has 3 nitrogen and oxygen atoms in total. The summed E-state index contributed by atoms with van der Waals surface area (Å²) in [5, 5.41) is 5.30. The molecule has 0 aromatic heterocycles. The third kappa shape index (κ3) is 5.02. The Balaban J connectivity index is 2.67. The summed E-state index contributed by atoms with van der Waals surface area (Å²) in [6, 6.07) is 3.00. The maximum atomic E-state index is 12.5. The monoisotopic (exact) mass is 308 g/mol. The Hall–Kier alpha value is -1.27. The van der Waals surface area contributed by atoms with Crippen molar-refractivity contribution >= 4 is 23.2 Å². The van der Waals surface area contributed by atoms with E-state index in [4.69, 9.17) is 11.6 Å². The molecule has 112 valence electrons. The molecule has 0 saturated heterocycles. The van der Waals surface area contributed by atoms with E-state index in [9.17, 15) is 18.0 Å². The fourth-order valence-electron chi connectivity index (χ4n) is 1.40. The summed E-state index contributed by atoms with van der Waals surface area (Å²) in [5.41, 5.74) is -0.686. The van der Waals surface area contributed by atoms with Crippen molar-refractivity contribution in [2.45, 2.75) is 32.5 Å². The van der Waals surface area contributed by atoms with Gasteiger partial charge in [-0.3, -0.25) is 4.79 Å². The Morgan fingerprint density at radius 2 is 2.05 bits per heavy atom. The zero-order valence-corrected chi connectivity index (χ0v) is 11.9. The molecule has 1 unspecified atom stereocenters. The zero-order valence-electron chi connectivity index (χ0n) is 11.1. The summed E-state index contributed by atoms with van der Waals surface area (Å²) < 4.78 is 37.4. The number of anilines is 1.